The molecular formula is C10H16N2O4. The van der Waals surface area contributed by atoms with E-state index in [9.17, 15) is 14.7 Å². The Balaban J connectivity index is 2.06. The normalized spacial score (nSPS) is 29.8. The summed E-state index contributed by atoms with van der Waals surface area (Å²) in [5.41, 5.74) is 0. The zero-order valence-electron chi connectivity index (χ0n) is 9.00. The second kappa shape index (κ2) is 4.29. The molecule has 6 nitrogen and oxygen atoms in total. The number of amides is 2. The van der Waals surface area contributed by atoms with Gasteiger partial charge in [-0.15, -0.1) is 0 Å². The number of aliphatic hydroxyl groups is 1. The summed E-state index contributed by atoms with van der Waals surface area (Å²) >= 11 is 0. The second-order valence-electron chi connectivity index (χ2n) is 4.37. The van der Waals surface area contributed by atoms with Gasteiger partial charge in [0.15, 0.2) is 0 Å². The Labute approximate surface area is 93.4 Å². The fourth-order valence-electron chi connectivity index (χ4n) is 2.35. The molecule has 0 aromatic heterocycles. The van der Waals surface area contributed by atoms with Gasteiger partial charge in [-0.25, -0.2) is 9.59 Å². The van der Waals surface area contributed by atoms with E-state index in [0.717, 1.165) is 12.8 Å². The molecule has 2 saturated heterocycles. The van der Waals surface area contributed by atoms with Crippen molar-refractivity contribution in [1.29, 1.82) is 0 Å². The summed E-state index contributed by atoms with van der Waals surface area (Å²) in [6.07, 6.45) is 1.36. The van der Waals surface area contributed by atoms with Crippen LogP contribution in [-0.2, 0) is 4.79 Å². The maximum absolute atomic E-state index is 12.0. The summed E-state index contributed by atoms with van der Waals surface area (Å²) in [5, 5.41) is 18.4. The largest absolute Gasteiger partial charge is 0.480 e. The Morgan fingerprint density at radius 1 is 1.19 bits per heavy atom. The van der Waals surface area contributed by atoms with Gasteiger partial charge in [0.1, 0.15) is 6.04 Å². The van der Waals surface area contributed by atoms with E-state index in [0.29, 0.717) is 13.1 Å². The smallest absolute Gasteiger partial charge is 0.326 e. The Morgan fingerprint density at radius 3 is 2.38 bits per heavy atom. The molecule has 2 atom stereocenters. The molecule has 2 amide bonds. The van der Waals surface area contributed by atoms with Crippen molar-refractivity contribution in [2.75, 3.05) is 19.6 Å². The lowest BCUT2D eigenvalue weighted by molar-refractivity contribution is -0.141. The molecule has 6 heteroatoms. The van der Waals surface area contributed by atoms with Crippen molar-refractivity contribution >= 4 is 12.0 Å². The third-order valence-corrected chi connectivity index (χ3v) is 3.19. The fourth-order valence-corrected chi connectivity index (χ4v) is 2.35. The molecule has 0 radical (unpaired) electrons. The maximum Gasteiger partial charge on any atom is 0.326 e. The zero-order chi connectivity index (χ0) is 11.7. The van der Waals surface area contributed by atoms with Crippen molar-refractivity contribution in [3.8, 4) is 0 Å². The number of urea groups is 1. The van der Waals surface area contributed by atoms with Gasteiger partial charge in [-0.2, -0.15) is 0 Å². The molecule has 2 N–H and O–H groups in total. The Kier molecular flexibility index (Phi) is 3.00. The van der Waals surface area contributed by atoms with E-state index in [4.69, 9.17) is 5.11 Å². The van der Waals surface area contributed by atoms with E-state index < -0.39 is 18.1 Å². The third kappa shape index (κ3) is 1.97. The highest BCUT2D eigenvalue weighted by Gasteiger charge is 2.40. The van der Waals surface area contributed by atoms with Crippen LogP contribution in [0.1, 0.15) is 19.3 Å². The molecule has 0 saturated carbocycles. The summed E-state index contributed by atoms with van der Waals surface area (Å²) < 4.78 is 0. The van der Waals surface area contributed by atoms with Crippen LogP contribution in [-0.4, -0.2) is 63.8 Å². The number of β-amino-alcohol motifs (C(OH)–C–C–N with tert-alkyl or cyclic N) is 1. The van der Waals surface area contributed by atoms with E-state index in [1.807, 2.05) is 0 Å². The van der Waals surface area contributed by atoms with E-state index >= 15 is 0 Å². The number of likely N-dealkylation sites (tertiary alicyclic amines) is 2. The van der Waals surface area contributed by atoms with E-state index in [1.54, 1.807) is 4.90 Å². The van der Waals surface area contributed by atoms with Crippen molar-refractivity contribution in [2.24, 2.45) is 0 Å². The number of hydrogen-bond donors (Lipinski definition) is 2. The molecular weight excluding hydrogens is 212 g/mol. The molecule has 2 rings (SSSR count). The Bertz CT molecular complexity index is 301. The highest BCUT2D eigenvalue weighted by Crippen LogP contribution is 2.21. The van der Waals surface area contributed by atoms with Gasteiger partial charge in [-0.3, -0.25) is 0 Å². The molecule has 0 spiro atoms. The minimum Gasteiger partial charge on any atom is -0.480 e. The number of aliphatic carboxylic acids is 1. The molecule has 2 fully saturated rings. The van der Waals surface area contributed by atoms with Crippen molar-refractivity contribution < 1.29 is 19.8 Å². The molecule has 2 heterocycles. The average Bonchev–Trinajstić information content (AvgIpc) is 2.84. The van der Waals surface area contributed by atoms with Crippen molar-refractivity contribution in [2.45, 2.75) is 31.4 Å². The molecule has 0 aliphatic carbocycles. The van der Waals surface area contributed by atoms with Crippen LogP contribution in [0.4, 0.5) is 4.79 Å². The van der Waals surface area contributed by atoms with Crippen LogP contribution >= 0.6 is 0 Å². The minimum absolute atomic E-state index is 0.131. The highest BCUT2D eigenvalue weighted by molar-refractivity contribution is 5.83. The van der Waals surface area contributed by atoms with Gasteiger partial charge in [0.25, 0.3) is 0 Å². The lowest BCUT2D eigenvalue weighted by Crippen LogP contribution is -2.47. The summed E-state index contributed by atoms with van der Waals surface area (Å²) in [5.74, 6) is -1.04. The van der Waals surface area contributed by atoms with Crippen LogP contribution in [0.25, 0.3) is 0 Å². The highest BCUT2D eigenvalue weighted by atomic mass is 16.4. The molecule has 90 valence electrons. The predicted molar refractivity (Wildman–Crippen MR) is 55.0 cm³/mol. The fraction of sp³-hybridized carbons (Fsp3) is 0.800. The first-order valence-electron chi connectivity index (χ1n) is 5.56. The second-order valence-corrected chi connectivity index (χ2v) is 4.37. The van der Waals surface area contributed by atoms with Crippen LogP contribution in [0.2, 0.25) is 0 Å². The summed E-state index contributed by atoms with van der Waals surface area (Å²) in [6, 6.07) is -1.12. The Hall–Kier alpha value is -1.30. The predicted octanol–water partition coefficient (Wildman–Crippen LogP) is -0.278. The average molecular weight is 228 g/mol. The molecule has 0 bridgehead atoms. The molecule has 0 aromatic rings. The van der Waals surface area contributed by atoms with Crippen LogP contribution in [0.5, 0.6) is 0 Å². The number of aliphatic hydroxyl groups excluding tert-OH is 1. The standard InChI is InChI=1S/C10H16N2O4/c13-7-5-8(9(14)15)12(6-7)10(16)11-3-1-2-4-11/h7-8,13H,1-6H2,(H,14,15). The number of carboxylic acids is 1. The van der Waals surface area contributed by atoms with Crippen LogP contribution in [0.15, 0.2) is 0 Å². The van der Waals surface area contributed by atoms with Crippen LogP contribution < -0.4 is 0 Å². The van der Waals surface area contributed by atoms with Gasteiger partial charge in [0.05, 0.1) is 6.10 Å². The zero-order valence-corrected chi connectivity index (χ0v) is 9.00. The van der Waals surface area contributed by atoms with Gasteiger partial charge in [-0.05, 0) is 12.8 Å². The third-order valence-electron chi connectivity index (χ3n) is 3.19. The number of carboxylic acid groups (broad SMARTS) is 1. The summed E-state index contributed by atoms with van der Waals surface area (Å²) in [6.45, 7) is 1.52. The number of carbonyl (C=O) groups excluding carboxylic acids is 1. The summed E-state index contributed by atoms with van der Waals surface area (Å²) in [7, 11) is 0. The van der Waals surface area contributed by atoms with Gasteiger partial charge in [-0.1, -0.05) is 0 Å². The van der Waals surface area contributed by atoms with Crippen molar-refractivity contribution in [1.82, 2.24) is 9.80 Å². The number of carbonyl (C=O) groups is 2. The molecule has 16 heavy (non-hydrogen) atoms. The Morgan fingerprint density at radius 2 is 1.81 bits per heavy atom. The first kappa shape index (κ1) is 11.2. The van der Waals surface area contributed by atoms with Crippen molar-refractivity contribution in [3.63, 3.8) is 0 Å². The maximum atomic E-state index is 12.0. The van der Waals surface area contributed by atoms with Gasteiger partial charge in [0, 0.05) is 26.1 Å². The summed E-state index contributed by atoms with van der Waals surface area (Å²) in [4.78, 5) is 25.9. The van der Waals surface area contributed by atoms with E-state index in [-0.39, 0.29) is 19.0 Å². The molecule has 2 unspecified atom stereocenters. The molecule has 2 aliphatic rings. The first-order valence-corrected chi connectivity index (χ1v) is 5.56. The van der Waals surface area contributed by atoms with Gasteiger partial charge < -0.3 is 20.0 Å². The topological polar surface area (TPSA) is 81.1 Å². The monoisotopic (exact) mass is 228 g/mol. The number of nitrogens with zero attached hydrogens (tertiary/aromatic N) is 2. The molecule has 2 aliphatic heterocycles. The van der Waals surface area contributed by atoms with Crippen molar-refractivity contribution in [3.05, 3.63) is 0 Å². The minimum atomic E-state index is -1.04. The molecule has 0 aromatic carbocycles. The quantitative estimate of drug-likeness (QED) is 0.647. The lowest BCUT2D eigenvalue weighted by Gasteiger charge is -2.26. The SMILES string of the molecule is O=C(O)C1CC(O)CN1C(=O)N1CCCC1. The van der Waals surface area contributed by atoms with E-state index in [2.05, 4.69) is 0 Å². The lowest BCUT2D eigenvalue weighted by atomic mass is 10.2. The number of rotatable bonds is 1. The number of hydrogen-bond acceptors (Lipinski definition) is 3. The first-order chi connectivity index (χ1) is 7.59. The van der Waals surface area contributed by atoms with Gasteiger partial charge in [0.2, 0.25) is 0 Å². The van der Waals surface area contributed by atoms with Crippen LogP contribution in [0.3, 0.4) is 0 Å². The van der Waals surface area contributed by atoms with E-state index in [1.165, 1.54) is 4.90 Å². The van der Waals surface area contributed by atoms with Crippen LogP contribution in [0, 0.1) is 0 Å². The van der Waals surface area contributed by atoms with Gasteiger partial charge >= 0.3 is 12.0 Å².